The zero-order valence-electron chi connectivity index (χ0n) is 24.1. The molecule has 0 unspecified atom stereocenters. The SMILES string of the molecule is CCCCCCCCCCCCCCCCCCCCCCCCCCCCC/C=C/CC=C=O. The molecule has 0 aliphatic heterocycles. The van der Waals surface area contributed by atoms with Gasteiger partial charge in [0.05, 0.1) is 0 Å². The first-order valence-electron chi connectivity index (χ1n) is 16.3. The van der Waals surface area contributed by atoms with Gasteiger partial charge in [0.2, 0.25) is 0 Å². The first-order valence-corrected chi connectivity index (χ1v) is 16.3. The number of allylic oxidation sites excluding steroid dienone is 3. The Morgan fingerprint density at radius 1 is 0.400 bits per heavy atom. The van der Waals surface area contributed by atoms with Crippen molar-refractivity contribution in [1.29, 1.82) is 0 Å². The highest BCUT2D eigenvalue weighted by molar-refractivity contribution is 5.45. The van der Waals surface area contributed by atoms with E-state index in [1.54, 1.807) is 0 Å². The fraction of sp³-hybridized carbons (Fsp3) is 0.882. The Hall–Kier alpha value is -0.810. The molecule has 0 radical (unpaired) electrons. The highest BCUT2D eigenvalue weighted by Gasteiger charge is 1.96. The van der Waals surface area contributed by atoms with Gasteiger partial charge in [0.1, 0.15) is 5.94 Å². The summed E-state index contributed by atoms with van der Waals surface area (Å²) in [6, 6.07) is 0. The van der Waals surface area contributed by atoms with E-state index in [1.165, 1.54) is 179 Å². The third-order valence-corrected chi connectivity index (χ3v) is 7.48. The first kappa shape index (κ1) is 34.2. The first-order chi connectivity index (χ1) is 17.4. The van der Waals surface area contributed by atoms with Gasteiger partial charge < -0.3 is 0 Å². The van der Waals surface area contributed by atoms with Gasteiger partial charge in [0.25, 0.3) is 0 Å². The lowest BCUT2D eigenvalue weighted by molar-refractivity contribution is 0.515. The molecule has 0 aromatic carbocycles. The zero-order valence-corrected chi connectivity index (χ0v) is 24.1. The molecule has 0 heterocycles. The van der Waals surface area contributed by atoms with Crippen LogP contribution in [-0.2, 0) is 4.79 Å². The second kappa shape index (κ2) is 33.2. The summed E-state index contributed by atoms with van der Waals surface area (Å²) in [5.74, 6) is 1.81. The molecular weight excluding hydrogens is 424 g/mol. The van der Waals surface area contributed by atoms with Crippen LogP contribution in [-0.4, -0.2) is 5.94 Å². The smallest absolute Gasteiger partial charge is 0.120 e. The van der Waals surface area contributed by atoms with Gasteiger partial charge in [-0.2, -0.15) is 0 Å². The average molecular weight is 489 g/mol. The maximum Gasteiger partial charge on any atom is 0.120 e. The molecular formula is C34H64O. The van der Waals surface area contributed by atoms with E-state index < -0.39 is 0 Å². The predicted octanol–water partition coefficient (Wildman–Crippen LogP) is 12.3. The van der Waals surface area contributed by atoms with Crippen molar-refractivity contribution in [3.8, 4) is 0 Å². The van der Waals surface area contributed by atoms with Crippen molar-refractivity contribution in [2.45, 2.75) is 193 Å². The highest BCUT2D eigenvalue weighted by atomic mass is 16.1. The van der Waals surface area contributed by atoms with Crippen molar-refractivity contribution in [3.63, 3.8) is 0 Å². The lowest BCUT2D eigenvalue weighted by Gasteiger charge is -2.04. The van der Waals surface area contributed by atoms with Gasteiger partial charge in [0, 0.05) is 6.08 Å². The van der Waals surface area contributed by atoms with Crippen LogP contribution in [0.25, 0.3) is 0 Å². The maximum absolute atomic E-state index is 10.1. The van der Waals surface area contributed by atoms with E-state index in [0.29, 0.717) is 0 Å². The van der Waals surface area contributed by atoms with Crippen LogP contribution in [0, 0.1) is 0 Å². The largest absolute Gasteiger partial charge is 0.234 e. The van der Waals surface area contributed by atoms with E-state index in [1.807, 2.05) is 5.94 Å². The lowest BCUT2D eigenvalue weighted by Crippen LogP contribution is -1.85. The van der Waals surface area contributed by atoms with Crippen LogP contribution in [0.1, 0.15) is 193 Å². The number of hydrogen-bond donors (Lipinski definition) is 0. The van der Waals surface area contributed by atoms with Crippen molar-refractivity contribution in [2.75, 3.05) is 0 Å². The summed E-state index contributed by atoms with van der Waals surface area (Å²) in [7, 11) is 0. The van der Waals surface area contributed by atoms with Crippen molar-refractivity contribution < 1.29 is 4.79 Å². The Bertz CT molecular complexity index is 446. The summed E-state index contributed by atoms with van der Waals surface area (Å²) in [6.45, 7) is 2.30. The van der Waals surface area contributed by atoms with E-state index >= 15 is 0 Å². The van der Waals surface area contributed by atoms with Crippen LogP contribution in [0.4, 0.5) is 0 Å². The van der Waals surface area contributed by atoms with Crippen LogP contribution >= 0.6 is 0 Å². The molecule has 0 atom stereocenters. The number of rotatable bonds is 30. The Labute approximate surface area is 222 Å². The molecule has 1 nitrogen and oxygen atoms in total. The molecule has 0 N–H and O–H groups in total. The van der Waals surface area contributed by atoms with Crippen molar-refractivity contribution in [1.82, 2.24) is 0 Å². The minimum Gasteiger partial charge on any atom is -0.234 e. The Morgan fingerprint density at radius 2 is 0.686 bits per heavy atom. The standard InChI is InChI=1S/C34H64O/c1-2-3-4-5-6-7-8-9-10-11-12-13-14-15-16-17-18-19-20-21-22-23-24-25-26-27-28-29-30-31-32-33-34-35/h30-31,33H,2-29,32H2,1H3/b31-30+. The average Bonchev–Trinajstić information content (AvgIpc) is 2.87. The van der Waals surface area contributed by atoms with Crippen LogP contribution in [0.5, 0.6) is 0 Å². The molecule has 0 aromatic rings. The number of unbranched alkanes of at least 4 members (excludes halogenated alkanes) is 27. The second-order valence-electron chi connectivity index (χ2n) is 11.0. The predicted molar refractivity (Wildman–Crippen MR) is 159 cm³/mol. The van der Waals surface area contributed by atoms with Crippen molar-refractivity contribution in [2.24, 2.45) is 0 Å². The molecule has 0 amide bonds. The minimum absolute atomic E-state index is 0.739. The number of carbonyl (C=O) groups excluding carboxylic acids is 1. The topological polar surface area (TPSA) is 17.1 Å². The molecule has 0 bridgehead atoms. The van der Waals surface area contributed by atoms with Gasteiger partial charge >= 0.3 is 0 Å². The molecule has 0 fully saturated rings. The molecule has 35 heavy (non-hydrogen) atoms. The highest BCUT2D eigenvalue weighted by Crippen LogP contribution is 2.16. The molecule has 0 aliphatic carbocycles. The molecule has 0 rings (SSSR count). The monoisotopic (exact) mass is 488 g/mol. The van der Waals surface area contributed by atoms with E-state index in [4.69, 9.17) is 0 Å². The third-order valence-electron chi connectivity index (χ3n) is 7.48. The molecule has 1 heteroatoms. The van der Waals surface area contributed by atoms with Gasteiger partial charge in [-0.3, -0.25) is 0 Å². The molecule has 0 aliphatic rings. The third kappa shape index (κ3) is 33.2. The van der Waals surface area contributed by atoms with Gasteiger partial charge in [0.15, 0.2) is 0 Å². The van der Waals surface area contributed by atoms with Gasteiger partial charge in [-0.05, 0) is 19.3 Å². The summed E-state index contributed by atoms with van der Waals surface area (Å²) in [4.78, 5) is 10.1. The normalized spacial score (nSPS) is 11.3. The van der Waals surface area contributed by atoms with Gasteiger partial charge in [-0.15, -0.1) is 0 Å². The van der Waals surface area contributed by atoms with Gasteiger partial charge in [-0.25, -0.2) is 4.79 Å². The van der Waals surface area contributed by atoms with Crippen molar-refractivity contribution in [3.05, 3.63) is 18.2 Å². The van der Waals surface area contributed by atoms with Crippen LogP contribution < -0.4 is 0 Å². The Morgan fingerprint density at radius 3 is 0.971 bits per heavy atom. The quantitative estimate of drug-likeness (QED) is 0.0558. The summed E-state index contributed by atoms with van der Waals surface area (Å²) in [6.07, 6.45) is 46.8. The van der Waals surface area contributed by atoms with Crippen LogP contribution in [0.15, 0.2) is 18.2 Å². The maximum atomic E-state index is 10.1. The second-order valence-corrected chi connectivity index (χ2v) is 11.0. The lowest BCUT2D eigenvalue weighted by atomic mass is 10.0. The summed E-state index contributed by atoms with van der Waals surface area (Å²) in [5.41, 5.74) is 0. The van der Waals surface area contributed by atoms with E-state index in [2.05, 4.69) is 19.1 Å². The van der Waals surface area contributed by atoms with Gasteiger partial charge in [-0.1, -0.05) is 186 Å². The molecule has 206 valence electrons. The van der Waals surface area contributed by atoms with Crippen molar-refractivity contribution >= 4 is 5.94 Å². The molecule has 0 saturated heterocycles. The molecule has 0 aromatic heterocycles. The minimum atomic E-state index is 0.739. The Balaban J connectivity index is 3.04. The van der Waals surface area contributed by atoms with E-state index in [0.717, 1.165) is 12.8 Å². The summed E-state index contributed by atoms with van der Waals surface area (Å²) in [5, 5.41) is 0. The molecule has 0 saturated carbocycles. The summed E-state index contributed by atoms with van der Waals surface area (Å²) >= 11 is 0. The van der Waals surface area contributed by atoms with E-state index in [9.17, 15) is 4.79 Å². The molecule has 0 spiro atoms. The van der Waals surface area contributed by atoms with Crippen LogP contribution in [0.2, 0.25) is 0 Å². The fourth-order valence-electron chi connectivity index (χ4n) is 5.09. The number of hydrogen-bond acceptors (Lipinski definition) is 1. The van der Waals surface area contributed by atoms with Crippen LogP contribution in [0.3, 0.4) is 0 Å². The fourth-order valence-corrected chi connectivity index (χ4v) is 5.09. The Kier molecular flexibility index (Phi) is 32.4. The summed E-state index contributed by atoms with van der Waals surface area (Å²) < 4.78 is 0. The van der Waals surface area contributed by atoms with E-state index in [-0.39, 0.29) is 0 Å². The zero-order chi connectivity index (χ0) is 25.3.